The lowest BCUT2D eigenvalue weighted by atomic mass is 9.86. The standard InChI is InChI=1S/C15H21ClO2/c1-11-8-13(6-3-7-17)15(14(16)9-11)18-10-12-4-2-5-12/h8-9,12,17H,2-7,10H2,1H3. The highest BCUT2D eigenvalue weighted by molar-refractivity contribution is 6.32. The summed E-state index contributed by atoms with van der Waals surface area (Å²) in [5.41, 5.74) is 2.26. The second-order valence-electron chi connectivity index (χ2n) is 5.17. The van der Waals surface area contributed by atoms with Crippen LogP contribution < -0.4 is 4.74 Å². The summed E-state index contributed by atoms with van der Waals surface area (Å²) in [4.78, 5) is 0. The van der Waals surface area contributed by atoms with Crippen LogP contribution in [-0.4, -0.2) is 18.3 Å². The Kier molecular flexibility index (Phi) is 4.90. The predicted molar refractivity (Wildman–Crippen MR) is 74.4 cm³/mol. The Bertz CT molecular complexity index is 400. The number of rotatable bonds is 6. The summed E-state index contributed by atoms with van der Waals surface area (Å²) in [5.74, 6) is 1.52. The predicted octanol–water partition coefficient (Wildman–Crippen LogP) is 3.75. The Morgan fingerprint density at radius 1 is 1.39 bits per heavy atom. The van der Waals surface area contributed by atoms with Gasteiger partial charge in [-0.1, -0.05) is 24.1 Å². The SMILES string of the molecule is Cc1cc(Cl)c(OCC2CCC2)c(CCCO)c1. The van der Waals surface area contributed by atoms with Crippen LogP contribution in [0.3, 0.4) is 0 Å². The smallest absolute Gasteiger partial charge is 0.141 e. The zero-order valence-corrected chi connectivity index (χ0v) is 11.7. The summed E-state index contributed by atoms with van der Waals surface area (Å²) in [5, 5.41) is 9.65. The molecular weight excluding hydrogens is 248 g/mol. The monoisotopic (exact) mass is 268 g/mol. The van der Waals surface area contributed by atoms with E-state index in [1.54, 1.807) is 0 Å². The molecule has 18 heavy (non-hydrogen) atoms. The van der Waals surface area contributed by atoms with E-state index in [0.29, 0.717) is 10.9 Å². The molecule has 0 aliphatic heterocycles. The van der Waals surface area contributed by atoms with Gasteiger partial charge in [0.2, 0.25) is 0 Å². The minimum Gasteiger partial charge on any atom is -0.491 e. The molecule has 1 aromatic rings. The molecule has 1 saturated carbocycles. The first-order valence-corrected chi connectivity index (χ1v) is 7.11. The van der Waals surface area contributed by atoms with Crippen molar-refractivity contribution in [2.75, 3.05) is 13.2 Å². The molecule has 1 fully saturated rings. The van der Waals surface area contributed by atoms with Crippen molar-refractivity contribution in [2.24, 2.45) is 5.92 Å². The van der Waals surface area contributed by atoms with Gasteiger partial charge >= 0.3 is 0 Å². The molecule has 0 radical (unpaired) electrons. The van der Waals surface area contributed by atoms with E-state index in [0.717, 1.165) is 36.3 Å². The lowest BCUT2D eigenvalue weighted by molar-refractivity contribution is 0.179. The summed E-state index contributed by atoms with van der Waals surface area (Å²) in [6, 6.07) is 4.05. The maximum Gasteiger partial charge on any atom is 0.141 e. The highest BCUT2D eigenvalue weighted by Crippen LogP contribution is 2.33. The summed E-state index contributed by atoms with van der Waals surface area (Å²) in [6.07, 6.45) is 5.44. The molecule has 2 rings (SSSR count). The fraction of sp³-hybridized carbons (Fsp3) is 0.600. The van der Waals surface area contributed by atoms with Crippen molar-refractivity contribution in [3.05, 3.63) is 28.3 Å². The number of ether oxygens (including phenoxy) is 1. The van der Waals surface area contributed by atoms with Crippen LogP contribution in [-0.2, 0) is 6.42 Å². The maximum absolute atomic E-state index is 8.95. The van der Waals surface area contributed by atoms with Crippen LogP contribution >= 0.6 is 11.6 Å². The van der Waals surface area contributed by atoms with E-state index in [2.05, 4.69) is 6.07 Å². The van der Waals surface area contributed by atoms with E-state index in [1.807, 2.05) is 13.0 Å². The largest absolute Gasteiger partial charge is 0.491 e. The van der Waals surface area contributed by atoms with Gasteiger partial charge in [0, 0.05) is 6.61 Å². The van der Waals surface area contributed by atoms with Crippen molar-refractivity contribution in [1.82, 2.24) is 0 Å². The molecule has 0 saturated heterocycles. The number of aliphatic hydroxyl groups is 1. The number of hydrogen-bond donors (Lipinski definition) is 1. The Morgan fingerprint density at radius 3 is 2.78 bits per heavy atom. The molecule has 0 atom stereocenters. The first-order valence-electron chi connectivity index (χ1n) is 6.73. The highest BCUT2D eigenvalue weighted by Gasteiger charge is 2.19. The molecule has 1 aliphatic carbocycles. The molecular formula is C15H21ClO2. The van der Waals surface area contributed by atoms with Gasteiger partial charge in [-0.25, -0.2) is 0 Å². The van der Waals surface area contributed by atoms with Crippen LogP contribution in [0.2, 0.25) is 5.02 Å². The van der Waals surface area contributed by atoms with Gasteiger partial charge in [0.1, 0.15) is 5.75 Å². The van der Waals surface area contributed by atoms with Gasteiger partial charge in [-0.15, -0.1) is 0 Å². The zero-order valence-electron chi connectivity index (χ0n) is 10.9. The highest BCUT2D eigenvalue weighted by atomic mass is 35.5. The third-order valence-corrected chi connectivity index (χ3v) is 3.84. The maximum atomic E-state index is 8.95. The Labute approximate surface area is 114 Å². The van der Waals surface area contributed by atoms with E-state index in [-0.39, 0.29) is 6.61 Å². The summed E-state index contributed by atoms with van der Waals surface area (Å²) in [6.45, 7) is 3.01. The van der Waals surface area contributed by atoms with Gasteiger partial charge in [0.25, 0.3) is 0 Å². The van der Waals surface area contributed by atoms with E-state index < -0.39 is 0 Å². The van der Waals surface area contributed by atoms with Crippen molar-refractivity contribution in [3.8, 4) is 5.75 Å². The lowest BCUT2D eigenvalue weighted by Crippen LogP contribution is -2.19. The average Bonchev–Trinajstić information content (AvgIpc) is 2.26. The Hall–Kier alpha value is -0.730. The summed E-state index contributed by atoms with van der Waals surface area (Å²) >= 11 is 6.27. The fourth-order valence-corrected chi connectivity index (χ4v) is 2.63. The van der Waals surface area contributed by atoms with E-state index in [9.17, 15) is 0 Å². The van der Waals surface area contributed by atoms with Crippen LogP contribution in [0.1, 0.15) is 36.8 Å². The van der Waals surface area contributed by atoms with Crippen molar-refractivity contribution in [1.29, 1.82) is 0 Å². The number of hydrogen-bond acceptors (Lipinski definition) is 2. The number of aliphatic hydroxyl groups excluding tert-OH is 1. The minimum absolute atomic E-state index is 0.202. The molecule has 1 N–H and O–H groups in total. The van der Waals surface area contributed by atoms with Gasteiger partial charge in [0.05, 0.1) is 11.6 Å². The van der Waals surface area contributed by atoms with Crippen LogP contribution in [0.4, 0.5) is 0 Å². The van der Waals surface area contributed by atoms with E-state index >= 15 is 0 Å². The third kappa shape index (κ3) is 3.39. The van der Waals surface area contributed by atoms with Gasteiger partial charge in [-0.05, 0) is 55.7 Å². The van der Waals surface area contributed by atoms with Crippen LogP contribution in [0.15, 0.2) is 12.1 Å². The molecule has 0 aromatic heterocycles. The van der Waals surface area contributed by atoms with Gasteiger partial charge < -0.3 is 9.84 Å². The van der Waals surface area contributed by atoms with Crippen molar-refractivity contribution in [3.63, 3.8) is 0 Å². The number of halogens is 1. The number of aryl methyl sites for hydroxylation is 2. The normalized spacial score (nSPS) is 15.5. The second-order valence-corrected chi connectivity index (χ2v) is 5.58. The fourth-order valence-electron chi connectivity index (χ4n) is 2.28. The van der Waals surface area contributed by atoms with Gasteiger partial charge in [0.15, 0.2) is 0 Å². The first kappa shape index (κ1) is 13.7. The van der Waals surface area contributed by atoms with Crippen molar-refractivity contribution < 1.29 is 9.84 Å². The molecule has 1 aromatic carbocycles. The molecule has 3 heteroatoms. The minimum atomic E-state index is 0.202. The van der Waals surface area contributed by atoms with Crippen molar-refractivity contribution in [2.45, 2.75) is 39.0 Å². The van der Waals surface area contributed by atoms with E-state index in [4.69, 9.17) is 21.4 Å². The molecule has 0 amide bonds. The van der Waals surface area contributed by atoms with Crippen LogP contribution in [0.5, 0.6) is 5.75 Å². The molecule has 0 spiro atoms. The van der Waals surface area contributed by atoms with Gasteiger partial charge in [-0.3, -0.25) is 0 Å². The molecule has 2 nitrogen and oxygen atoms in total. The number of benzene rings is 1. The van der Waals surface area contributed by atoms with Crippen LogP contribution in [0, 0.1) is 12.8 Å². The topological polar surface area (TPSA) is 29.5 Å². The van der Waals surface area contributed by atoms with Crippen LogP contribution in [0.25, 0.3) is 0 Å². The lowest BCUT2D eigenvalue weighted by Gasteiger charge is -2.26. The summed E-state index contributed by atoms with van der Waals surface area (Å²) in [7, 11) is 0. The Morgan fingerprint density at radius 2 is 2.17 bits per heavy atom. The molecule has 0 heterocycles. The van der Waals surface area contributed by atoms with E-state index in [1.165, 1.54) is 19.3 Å². The quantitative estimate of drug-likeness (QED) is 0.851. The molecule has 1 aliphatic rings. The third-order valence-electron chi connectivity index (χ3n) is 3.56. The zero-order chi connectivity index (χ0) is 13.0. The average molecular weight is 269 g/mol. The molecule has 0 unspecified atom stereocenters. The summed E-state index contributed by atoms with van der Waals surface area (Å²) < 4.78 is 5.91. The Balaban J connectivity index is 2.08. The second kappa shape index (κ2) is 6.44. The molecule has 100 valence electrons. The van der Waals surface area contributed by atoms with Gasteiger partial charge in [-0.2, -0.15) is 0 Å². The molecule has 0 bridgehead atoms. The van der Waals surface area contributed by atoms with Crippen molar-refractivity contribution >= 4 is 11.6 Å². The first-order chi connectivity index (χ1) is 8.70.